The molecule has 0 aliphatic carbocycles. The van der Waals surface area contributed by atoms with E-state index in [4.69, 9.17) is 4.99 Å². The van der Waals surface area contributed by atoms with Crippen molar-refractivity contribution in [1.29, 1.82) is 0 Å². The molecule has 1 aliphatic heterocycles. The first-order valence-electron chi connectivity index (χ1n) is 8.02. The molecule has 1 heterocycles. The van der Waals surface area contributed by atoms with E-state index >= 15 is 0 Å². The summed E-state index contributed by atoms with van der Waals surface area (Å²) in [5, 5.41) is 2.33. The van der Waals surface area contributed by atoms with Crippen molar-refractivity contribution in [3.8, 4) is 0 Å². The molecule has 0 aromatic rings. The van der Waals surface area contributed by atoms with Crippen LogP contribution in [0.5, 0.6) is 0 Å². The van der Waals surface area contributed by atoms with Gasteiger partial charge < -0.3 is 9.80 Å². The molecule has 4 heteroatoms. The molecule has 0 amide bonds. The summed E-state index contributed by atoms with van der Waals surface area (Å²) in [5.41, 5.74) is 1.43. The number of hydrogen-bond donors (Lipinski definition) is 0. The van der Waals surface area contributed by atoms with Gasteiger partial charge in [-0.3, -0.25) is 4.99 Å². The van der Waals surface area contributed by atoms with Crippen LogP contribution >= 0.6 is 11.8 Å². The van der Waals surface area contributed by atoms with Gasteiger partial charge in [-0.05, 0) is 31.8 Å². The van der Waals surface area contributed by atoms with Gasteiger partial charge in [0.05, 0.1) is 5.75 Å². The highest BCUT2D eigenvalue weighted by molar-refractivity contribution is 8.02. The van der Waals surface area contributed by atoms with Crippen LogP contribution in [0.25, 0.3) is 0 Å². The Morgan fingerprint density at radius 1 is 1.25 bits per heavy atom. The molecule has 20 heavy (non-hydrogen) atoms. The molecule has 0 spiro atoms. The zero-order valence-electron chi connectivity index (χ0n) is 13.7. The molecule has 0 unspecified atom stereocenters. The minimum atomic E-state index is 0.978. The quantitative estimate of drug-likeness (QED) is 0.603. The molecule has 0 fully saturated rings. The largest absolute Gasteiger partial charge is 0.331 e. The van der Waals surface area contributed by atoms with Crippen molar-refractivity contribution in [3.05, 3.63) is 11.1 Å². The van der Waals surface area contributed by atoms with E-state index in [9.17, 15) is 0 Å². The minimum Gasteiger partial charge on any atom is -0.331 e. The number of amidine groups is 1. The van der Waals surface area contributed by atoms with Gasteiger partial charge in [0, 0.05) is 25.3 Å². The van der Waals surface area contributed by atoms with E-state index in [-0.39, 0.29) is 0 Å². The predicted octanol–water partition coefficient (Wildman–Crippen LogP) is 3.83. The van der Waals surface area contributed by atoms with Crippen molar-refractivity contribution < 1.29 is 0 Å². The molecule has 116 valence electrons. The highest BCUT2D eigenvalue weighted by Gasteiger charge is 2.20. The summed E-state index contributed by atoms with van der Waals surface area (Å²) in [6.07, 6.45) is 4.90. The first-order chi connectivity index (χ1) is 9.72. The number of hydrogen-bond acceptors (Lipinski definition) is 3. The molecule has 1 rings (SSSR count). The Kier molecular flexibility index (Phi) is 9.03. The van der Waals surface area contributed by atoms with Crippen LogP contribution in [0.1, 0.15) is 46.5 Å². The molecular weight excluding hydrogens is 266 g/mol. The second kappa shape index (κ2) is 10.3. The van der Waals surface area contributed by atoms with Crippen molar-refractivity contribution in [2.24, 2.45) is 4.99 Å². The number of unbranched alkanes of at least 4 members (excludes halogenated alkanes) is 2. The summed E-state index contributed by atoms with van der Waals surface area (Å²) >= 11 is 1.90. The van der Waals surface area contributed by atoms with Crippen LogP contribution in [0.3, 0.4) is 0 Å². The zero-order valence-corrected chi connectivity index (χ0v) is 14.5. The SMILES string of the molecule is CCCCN=C1CSC=C(CN(C)CC)N1CCCC. The van der Waals surface area contributed by atoms with E-state index in [2.05, 4.69) is 43.0 Å². The van der Waals surface area contributed by atoms with E-state index in [0.29, 0.717) is 0 Å². The van der Waals surface area contributed by atoms with Crippen molar-refractivity contribution >= 4 is 17.6 Å². The third-order valence-corrected chi connectivity index (χ3v) is 4.47. The van der Waals surface area contributed by atoms with Crippen LogP contribution in [0.4, 0.5) is 0 Å². The summed E-state index contributed by atoms with van der Waals surface area (Å²) in [5.74, 6) is 2.33. The molecule has 1 aliphatic rings. The number of aliphatic imine (C=N–C) groups is 1. The highest BCUT2D eigenvalue weighted by atomic mass is 32.2. The lowest BCUT2D eigenvalue weighted by molar-refractivity contribution is 0.342. The second-order valence-corrected chi connectivity index (χ2v) is 6.27. The smallest absolute Gasteiger partial charge is 0.113 e. The Morgan fingerprint density at radius 3 is 2.65 bits per heavy atom. The normalized spacial score (nSPS) is 17.9. The van der Waals surface area contributed by atoms with Crippen molar-refractivity contribution in [1.82, 2.24) is 9.80 Å². The molecule has 0 bridgehead atoms. The average Bonchev–Trinajstić information content (AvgIpc) is 2.46. The summed E-state index contributed by atoms with van der Waals surface area (Å²) in [6, 6.07) is 0. The number of thioether (sulfide) groups is 1. The molecular formula is C16H31N3S. The van der Waals surface area contributed by atoms with Crippen molar-refractivity contribution in [3.63, 3.8) is 0 Å². The van der Waals surface area contributed by atoms with E-state index < -0.39 is 0 Å². The molecule has 0 saturated carbocycles. The van der Waals surface area contributed by atoms with E-state index in [1.165, 1.54) is 37.2 Å². The predicted molar refractivity (Wildman–Crippen MR) is 92.5 cm³/mol. The fraction of sp³-hybridized carbons (Fsp3) is 0.812. The van der Waals surface area contributed by atoms with Crippen LogP contribution < -0.4 is 0 Å². The standard InChI is InChI=1S/C16H31N3S/c1-5-8-10-17-16-14-20-13-15(12-18(4)7-3)19(16)11-9-6-2/h13H,5-12,14H2,1-4H3. The molecule has 0 saturated heterocycles. The van der Waals surface area contributed by atoms with Crippen molar-refractivity contribution in [2.75, 3.05) is 39.0 Å². The minimum absolute atomic E-state index is 0.978. The summed E-state index contributed by atoms with van der Waals surface area (Å²) in [6.45, 7) is 10.9. The lowest BCUT2D eigenvalue weighted by atomic mass is 10.2. The van der Waals surface area contributed by atoms with Crippen LogP contribution in [0, 0.1) is 0 Å². The average molecular weight is 298 g/mol. The maximum absolute atomic E-state index is 4.85. The number of nitrogens with zero attached hydrogens (tertiary/aromatic N) is 3. The topological polar surface area (TPSA) is 18.8 Å². The molecule has 0 aromatic heterocycles. The Balaban J connectivity index is 2.74. The summed E-state index contributed by atoms with van der Waals surface area (Å²) in [7, 11) is 2.19. The molecule has 3 nitrogen and oxygen atoms in total. The van der Waals surface area contributed by atoms with E-state index in [1.807, 2.05) is 11.8 Å². The van der Waals surface area contributed by atoms with Gasteiger partial charge in [0.15, 0.2) is 0 Å². The Hall–Kier alpha value is -0.480. The second-order valence-electron chi connectivity index (χ2n) is 5.41. The van der Waals surface area contributed by atoms with Crippen LogP contribution in [-0.4, -0.2) is 54.6 Å². The summed E-state index contributed by atoms with van der Waals surface area (Å²) in [4.78, 5) is 9.69. The van der Waals surface area contributed by atoms with Gasteiger partial charge >= 0.3 is 0 Å². The lowest BCUT2D eigenvalue weighted by Gasteiger charge is -2.33. The van der Waals surface area contributed by atoms with Crippen LogP contribution in [0.2, 0.25) is 0 Å². The van der Waals surface area contributed by atoms with Gasteiger partial charge in [-0.15, -0.1) is 11.8 Å². The van der Waals surface area contributed by atoms with Gasteiger partial charge in [0.25, 0.3) is 0 Å². The monoisotopic (exact) mass is 297 g/mol. The third-order valence-electron chi connectivity index (χ3n) is 3.60. The Morgan fingerprint density at radius 2 is 2.00 bits per heavy atom. The summed E-state index contributed by atoms with van der Waals surface area (Å²) < 4.78 is 0. The third kappa shape index (κ3) is 5.88. The highest BCUT2D eigenvalue weighted by Crippen LogP contribution is 2.22. The fourth-order valence-corrected chi connectivity index (χ4v) is 2.99. The van der Waals surface area contributed by atoms with Gasteiger partial charge in [0.2, 0.25) is 0 Å². The Bertz CT molecular complexity index is 326. The number of likely N-dealkylation sites (N-methyl/N-ethyl adjacent to an activating group) is 1. The van der Waals surface area contributed by atoms with Gasteiger partial charge in [-0.2, -0.15) is 0 Å². The lowest BCUT2D eigenvalue weighted by Crippen LogP contribution is -2.39. The molecule has 0 atom stereocenters. The van der Waals surface area contributed by atoms with Gasteiger partial charge in [-0.25, -0.2) is 0 Å². The molecule has 0 radical (unpaired) electrons. The van der Waals surface area contributed by atoms with Crippen molar-refractivity contribution in [2.45, 2.75) is 46.5 Å². The molecule has 0 N–H and O–H groups in total. The van der Waals surface area contributed by atoms with E-state index in [1.54, 1.807) is 0 Å². The van der Waals surface area contributed by atoms with Crippen LogP contribution in [0.15, 0.2) is 16.1 Å². The number of rotatable bonds is 9. The Labute approximate surface area is 129 Å². The maximum Gasteiger partial charge on any atom is 0.113 e. The molecule has 0 aromatic carbocycles. The fourth-order valence-electron chi connectivity index (χ4n) is 2.12. The zero-order chi connectivity index (χ0) is 14.8. The van der Waals surface area contributed by atoms with Gasteiger partial charge in [0.1, 0.15) is 5.84 Å². The van der Waals surface area contributed by atoms with Crippen LogP contribution in [-0.2, 0) is 0 Å². The first kappa shape index (κ1) is 17.6. The maximum atomic E-state index is 4.85. The van der Waals surface area contributed by atoms with Gasteiger partial charge in [-0.1, -0.05) is 33.6 Å². The van der Waals surface area contributed by atoms with E-state index in [0.717, 1.165) is 31.9 Å². The first-order valence-corrected chi connectivity index (χ1v) is 9.07.